The molecule has 6 nitrogen and oxygen atoms in total. The number of nitrogens with one attached hydrogen (secondary N) is 3. The highest BCUT2D eigenvalue weighted by atomic mass is 32.1. The number of nitriles is 1. The van der Waals surface area contributed by atoms with E-state index in [0.29, 0.717) is 18.8 Å². The Morgan fingerprint density at radius 2 is 2.30 bits per heavy atom. The third-order valence-corrected chi connectivity index (χ3v) is 3.98. The van der Waals surface area contributed by atoms with Gasteiger partial charge in [-0.1, -0.05) is 6.07 Å². The molecule has 3 N–H and O–H groups in total. The van der Waals surface area contributed by atoms with Gasteiger partial charge in [0.05, 0.1) is 11.7 Å². The summed E-state index contributed by atoms with van der Waals surface area (Å²) >= 11 is 1.47. The zero-order valence-corrected chi connectivity index (χ0v) is 13.3. The zero-order chi connectivity index (χ0) is 16.7. The number of halogens is 1. The molecular formula is C15H16FN5OS. The van der Waals surface area contributed by atoms with Crippen LogP contribution in [0.5, 0.6) is 0 Å². The highest BCUT2D eigenvalue weighted by Gasteiger charge is 2.11. The van der Waals surface area contributed by atoms with Crippen molar-refractivity contribution in [3.8, 4) is 6.07 Å². The molecule has 0 aliphatic rings. The fourth-order valence-corrected chi connectivity index (χ4v) is 2.56. The lowest BCUT2D eigenvalue weighted by molar-refractivity contribution is 0.238. The number of aromatic nitrogens is 1. The Bertz CT molecular complexity index is 698. The van der Waals surface area contributed by atoms with E-state index in [1.807, 2.05) is 18.4 Å². The minimum Gasteiger partial charge on any atom is -0.382 e. The van der Waals surface area contributed by atoms with E-state index >= 15 is 0 Å². The molecule has 0 aliphatic heterocycles. The number of hydrogen-bond acceptors (Lipinski definition) is 5. The Kier molecular flexibility index (Phi) is 5.88. The molecule has 2 aromatic rings. The van der Waals surface area contributed by atoms with Crippen molar-refractivity contribution in [3.05, 3.63) is 46.2 Å². The number of benzene rings is 1. The van der Waals surface area contributed by atoms with Gasteiger partial charge in [0.25, 0.3) is 0 Å². The number of thiazole rings is 1. The van der Waals surface area contributed by atoms with Gasteiger partial charge in [0.1, 0.15) is 22.5 Å². The smallest absolute Gasteiger partial charge is 0.315 e. The Hall–Kier alpha value is -2.66. The lowest BCUT2D eigenvalue weighted by atomic mass is 10.2. The van der Waals surface area contributed by atoms with Crippen LogP contribution in [0.25, 0.3) is 0 Å². The Labute approximate surface area is 137 Å². The van der Waals surface area contributed by atoms with Crippen LogP contribution in [0, 0.1) is 17.1 Å². The second-order valence-corrected chi connectivity index (χ2v) is 5.62. The van der Waals surface area contributed by atoms with Crippen LogP contribution in [0.3, 0.4) is 0 Å². The summed E-state index contributed by atoms with van der Waals surface area (Å²) in [6.45, 7) is 2.55. The summed E-state index contributed by atoms with van der Waals surface area (Å²) in [6, 6.07) is 5.70. The largest absolute Gasteiger partial charge is 0.382 e. The average Bonchev–Trinajstić information content (AvgIpc) is 3.06. The molecule has 0 spiro atoms. The van der Waals surface area contributed by atoms with Crippen LogP contribution in [0.4, 0.5) is 14.9 Å². The van der Waals surface area contributed by atoms with Crippen LogP contribution in [0.2, 0.25) is 0 Å². The number of hydrogen-bond donors (Lipinski definition) is 3. The molecule has 0 aliphatic carbocycles. The summed E-state index contributed by atoms with van der Waals surface area (Å²) in [7, 11) is 0. The van der Waals surface area contributed by atoms with Crippen molar-refractivity contribution in [1.82, 2.24) is 15.6 Å². The van der Waals surface area contributed by atoms with E-state index in [9.17, 15) is 9.18 Å². The average molecular weight is 333 g/mol. The monoisotopic (exact) mass is 333 g/mol. The normalized spacial score (nSPS) is 11.3. The van der Waals surface area contributed by atoms with Gasteiger partial charge in [-0.15, -0.1) is 11.3 Å². The van der Waals surface area contributed by atoms with Crippen molar-refractivity contribution in [3.63, 3.8) is 0 Å². The fraction of sp³-hybridized carbons (Fsp3) is 0.267. The van der Waals surface area contributed by atoms with Crippen LogP contribution < -0.4 is 16.0 Å². The van der Waals surface area contributed by atoms with E-state index in [-0.39, 0.29) is 17.6 Å². The molecule has 2 amide bonds. The Morgan fingerprint density at radius 1 is 1.48 bits per heavy atom. The lowest BCUT2D eigenvalue weighted by Gasteiger charge is -2.13. The van der Waals surface area contributed by atoms with E-state index in [4.69, 9.17) is 5.26 Å². The number of nitrogens with zero attached hydrogens (tertiary/aromatic N) is 2. The highest BCUT2D eigenvalue weighted by molar-refractivity contribution is 7.09. The number of rotatable bonds is 6. The van der Waals surface area contributed by atoms with Gasteiger partial charge < -0.3 is 16.0 Å². The van der Waals surface area contributed by atoms with Crippen LogP contribution >= 0.6 is 11.3 Å². The summed E-state index contributed by atoms with van der Waals surface area (Å²) < 4.78 is 13.4. The number of anilines is 1. The van der Waals surface area contributed by atoms with Gasteiger partial charge in [-0.3, -0.25) is 0 Å². The van der Waals surface area contributed by atoms with Gasteiger partial charge in [0.15, 0.2) is 0 Å². The highest BCUT2D eigenvalue weighted by Crippen LogP contribution is 2.17. The van der Waals surface area contributed by atoms with E-state index in [1.54, 1.807) is 12.3 Å². The molecule has 23 heavy (non-hydrogen) atoms. The van der Waals surface area contributed by atoms with Gasteiger partial charge in [-0.2, -0.15) is 5.26 Å². The maximum absolute atomic E-state index is 13.4. The SMILES string of the molecule is C[C@@H](NC(=O)NCCNc1cccc(F)c1C#N)c1nccs1. The number of carbonyl (C=O) groups excluding carboxylic acids is 1. The molecule has 120 valence electrons. The number of carbonyl (C=O) groups is 1. The van der Waals surface area contributed by atoms with Gasteiger partial charge in [0.2, 0.25) is 0 Å². The topological polar surface area (TPSA) is 89.8 Å². The molecular weight excluding hydrogens is 317 g/mol. The lowest BCUT2D eigenvalue weighted by Crippen LogP contribution is -2.39. The maximum atomic E-state index is 13.4. The van der Waals surface area contributed by atoms with Gasteiger partial charge in [-0.25, -0.2) is 14.2 Å². The van der Waals surface area contributed by atoms with Gasteiger partial charge in [-0.05, 0) is 19.1 Å². The van der Waals surface area contributed by atoms with Crippen LogP contribution in [-0.4, -0.2) is 24.1 Å². The molecule has 8 heteroatoms. The third kappa shape index (κ3) is 4.66. The van der Waals surface area contributed by atoms with Crippen LogP contribution in [0.15, 0.2) is 29.8 Å². The van der Waals surface area contributed by atoms with Crippen molar-refractivity contribution in [2.45, 2.75) is 13.0 Å². The van der Waals surface area contributed by atoms with Crippen molar-refractivity contribution in [1.29, 1.82) is 5.26 Å². The van der Waals surface area contributed by atoms with E-state index < -0.39 is 5.82 Å². The van der Waals surface area contributed by atoms with E-state index in [2.05, 4.69) is 20.9 Å². The summed E-state index contributed by atoms with van der Waals surface area (Å²) in [5.41, 5.74) is 0.375. The second kappa shape index (κ2) is 8.10. The summed E-state index contributed by atoms with van der Waals surface area (Å²) in [5, 5.41) is 20.0. The van der Waals surface area contributed by atoms with Crippen LogP contribution in [-0.2, 0) is 0 Å². The van der Waals surface area contributed by atoms with Crippen molar-refractivity contribution >= 4 is 23.1 Å². The van der Waals surface area contributed by atoms with Crippen molar-refractivity contribution in [2.24, 2.45) is 0 Å². The minimum atomic E-state index is -0.569. The predicted octanol–water partition coefficient (Wildman–Crippen LogP) is 2.63. The van der Waals surface area contributed by atoms with Crippen LogP contribution in [0.1, 0.15) is 23.5 Å². The quantitative estimate of drug-likeness (QED) is 0.709. The third-order valence-electron chi connectivity index (χ3n) is 3.02. The van der Waals surface area contributed by atoms with Gasteiger partial charge >= 0.3 is 6.03 Å². The van der Waals surface area contributed by atoms with Crippen molar-refractivity contribution < 1.29 is 9.18 Å². The van der Waals surface area contributed by atoms with Crippen molar-refractivity contribution in [2.75, 3.05) is 18.4 Å². The minimum absolute atomic E-state index is 0.0330. The maximum Gasteiger partial charge on any atom is 0.315 e. The van der Waals surface area contributed by atoms with Gasteiger partial charge in [0, 0.05) is 24.7 Å². The van der Waals surface area contributed by atoms with E-state index in [0.717, 1.165) is 5.01 Å². The number of urea groups is 1. The summed E-state index contributed by atoms with van der Waals surface area (Å²) in [6.07, 6.45) is 1.69. The number of amides is 2. The molecule has 0 fully saturated rings. The fourth-order valence-electron chi connectivity index (χ4n) is 1.92. The molecule has 2 rings (SSSR count). The summed E-state index contributed by atoms with van der Waals surface area (Å²) in [4.78, 5) is 15.9. The first-order valence-electron chi connectivity index (χ1n) is 6.98. The van der Waals surface area contributed by atoms with E-state index in [1.165, 1.54) is 23.5 Å². The first-order chi connectivity index (χ1) is 11.1. The summed E-state index contributed by atoms with van der Waals surface area (Å²) in [5.74, 6) is -0.569. The molecule has 1 heterocycles. The molecule has 0 radical (unpaired) electrons. The Balaban J connectivity index is 1.74. The predicted molar refractivity (Wildman–Crippen MR) is 86.7 cm³/mol. The Morgan fingerprint density at radius 3 is 3.00 bits per heavy atom. The molecule has 0 saturated heterocycles. The second-order valence-electron chi connectivity index (χ2n) is 4.69. The molecule has 1 aromatic carbocycles. The molecule has 0 unspecified atom stereocenters. The molecule has 1 atom stereocenters. The standard InChI is InChI=1S/C15H16FN5OS/c1-10(14-19-7-8-23-14)21-15(22)20-6-5-18-13-4-2-3-12(16)11(13)9-17/h2-4,7-8,10,18H,5-6H2,1H3,(H2,20,21,22)/t10-/m1/s1. The first-order valence-corrected chi connectivity index (χ1v) is 7.86. The molecule has 1 aromatic heterocycles. The zero-order valence-electron chi connectivity index (χ0n) is 12.5. The molecule has 0 bridgehead atoms. The first kappa shape index (κ1) is 16.7. The molecule has 0 saturated carbocycles.